The summed E-state index contributed by atoms with van der Waals surface area (Å²) in [5.74, 6) is 2.39. The Morgan fingerprint density at radius 2 is 1.84 bits per heavy atom. The van der Waals surface area contributed by atoms with Crippen molar-refractivity contribution in [2.75, 3.05) is 32.6 Å². The van der Waals surface area contributed by atoms with Crippen LogP contribution in [-0.4, -0.2) is 43.3 Å². The first-order valence-corrected chi connectivity index (χ1v) is 11.4. The van der Waals surface area contributed by atoms with Gasteiger partial charge in [-0.3, -0.25) is 4.99 Å². The number of nitrogens with zero attached hydrogens (tertiary/aromatic N) is 3. The number of rotatable bonds is 5. The standard InChI is InChI=1S/C27H30N4O/c1-31-14-11-20(12-15-31)19-6-8-23(9-7-19)29-27-25-18-28-13-10-21(25)17-26(30-27)22-4-3-5-24(16-22)32-2/h3-9,13,16-17,20H,10-12,14-15,18H2,1-2H3,(H,29,30). The SMILES string of the molecule is COc1cccc(-c2cc3c(c(Nc4ccc(C5CCN(C)CC5)cc4)n2)CN=CC3)c1. The normalized spacial score (nSPS) is 16.6. The molecule has 1 saturated heterocycles. The van der Waals surface area contributed by atoms with Crippen molar-refractivity contribution in [1.82, 2.24) is 9.88 Å². The average Bonchev–Trinajstić information content (AvgIpc) is 2.85. The Bertz CT molecular complexity index is 1120. The highest BCUT2D eigenvalue weighted by atomic mass is 16.5. The van der Waals surface area contributed by atoms with Crippen molar-refractivity contribution >= 4 is 17.7 Å². The first-order chi connectivity index (χ1) is 15.7. The number of ether oxygens (including phenoxy) is 1. The summed E-state index contributed by atoms with van der Waals surface area (Å²) < 4.78 is 5.41. The van der Waals surface area contributed by atoms with E-state index in [4.69, 9.17) is 9.72 Å². The highest BCUT2D eigenvalue weighted by Crippen LogP contribution is 2.32. The van der Waals surface area contributed by atoms with Gasteiger partial charge in [-0.05, 0) is 80.4 Å². The van der Waals surface area contributed by atoms with Crippen molar-refractivity contribution in [3.05, 3.63) is 71.3 Å². The first-order valence-electron chi connectivity index (χ1n) is 11.4. The number of aliphatic imine (C=N–C) groups is 1. The molecule has 0 radical (unpaired) electrons. The predicted molar refractivity (Wildman–Crippen MR) is 131 cm³/mol. The fraction of sp³-hybridized carbons (Fsp3) is 0.333. The zero-order chi connectivity index (χ0) is 21.9. The maximum absolute atomic E-state index is 5.41. The van der Waals surface area contributed by atoms with Crippen LogP contribution in [-0.2, 0) is 13.0 Å². The van der Waals surface area contributed by atoms with Gasteiger partial charge in [0.25, 0.3) is 0 Å². The summed E-state index contributed by atoms with van der Waals surface area (Å²) in [5.41, 5.74) is 6.96. The molecular formula is C27H30N4O. The first kappa shape index (κ1) is 20.7. The van der Waals surface area contributed by atoms with Gasteiger partial charge in [-0.15, -0.1) is 0 Å². The van der Waals surface area contributed by atoms with Crippen molar-refractivity contribution in [3.8, 4) is 17.0 Å². The van der Waals surface area contributed by atoms with Crippen LogP contribution in [0.2, 0.25) is 0 Å². The number of benzene rings is 2. The molecule has 0 amide bonds. The van der Waals surface area contributed by atoms with Gasteiger partial charge in [0.1, 0.15) is 11.6 Å². The molecule has 5 nitrogen and oxygen atoms in total. The second kappa shape index (κ2) is 9.13. The van der Waals surface area contributed by atoms with Crippen LogP contribution in [0.25, 0.3) is 11.3 Å². The number of fused-ring (bicyclic) bond motifs is 1. The summed E-state index contributed by atoms with van der Waals surface area (Å²) in [7, 11) is 3.90. The van der Waals surface area contributed by atoms with Gasteiger partial charge in [0, 0.05) is 29.4 Å². The van der Waals surface area contributed by atoms with E-state index in [0.29, 0.717) is 12.5 Å². The molecule has 0 saturated carbocycles. The van der Waals surface area contributed by atoms with E-state index in [1.807, 2.05) is 24.4 Å². The average molecular weight is 427 g/mol. The van der Waals surface area contributed by atoms with Gasteiger partial charge in [0.05, 0.1) is 19.3 Å². The number of piperidine rings is 1. The number of methoxy groups -OCH3 is 1. The zero-order valence-electron chi connectivity index (χ0n) is 18.8. The number of aromatic nitrogens is 1. The molecule has 0 bridgehead atoms. The van der Waals surface area contributed by atoms with Gasteiger partial charge in [-0.1, -0.05) is 24.3 Å². The molecule has 2 aliphatic heterocycles. The molecule has 1 N–H and O–H groups in total. The Balaban J connectivity index is 1.42. The lowest BCUT2D eigenvalue weighted by Crippen LogP contribution is -2.29. The Morgan fingerprint density at radius 1 is 1.03 bits per heavy atom. The molecule has 5 heteroatoms. The van der Waals surface area contributed by atoms with E-state index < -0.39 is 0 Å². The number of hydrogen-bond donors (Lipinski definition) is 1. The molecule has 0 unspecified atom stereocenters. The highest BCUT2D eigenvalue weighted by molar-refractivity contribution is 5.74. The quantitative estimate of drug-likeness (QED) is 0.590. The van der Waals surface area contributed by atoms with Crippen molar-refractivity contribution < 1.29 is 4.74 Å². The van der Waals surface area contributed by atoms with E-state index in [1.54, 1.807) is 7.11 Å². The monoisotopic (exact) mass is 426 g/mol. The van der Waals surface area contributed by atoms with Crippen LogP contribution in [0.5, 0.6) is 5.75 Å². The van der Waals surface area contributed by atoms with Gasteiger partial charge in [-0.25, -0.2) is 4.98 Å². The number of nitrogens with one attached hydrogen (secondary N) is 1. The van der Waals surface area contributed by atoms with Crippen LogP contribution in [0.3, 0.4) is 0 Å². The number of anilines is 2. The molecule has 3 aromatic rings. The number of likely N-dealkylation sites (tertiary alicyclic amines) is 1. The van der Waals surface area contributed by atoms with Crippen molar-refractivity contribution in [2.24, 2.45) is 4.99 Å². The molecule has 2 aromatic carbocycles. The molecule has 3 heterocycles. The van der Waals surface area contributed by atoms with E-state index >= 15 is 0 Å². The number of pyridine rings is 1. The van der Waals surface area contributed by atoms with Gasteiger partial charge >= 0.3 is 0 Å². The summed E-state index contributed by atoms with van der Waals surface area (Å²) in [6.07, 6.45) is 5.30. The molecule has 1 aromatic heterocycles. The van der Waals surface area contributed by atoms with E-state index in [9.17, 15) is 0 Å². The minimum atomic E-state index is 0.663. The van der Waals surface area contributed by atoms with E-state index in [2.05, 4.69) is 58.7 Å². The summed E-state index contributed by atoms with van der Waals surface area (Å²) in [5, 5.41) is 3.58. The minimum absolute atomic E-state index is 0.663. The molecular weight excluding hydrogens is 396 g/mol. The summed E-state index contributed by atoms with van der Waals surface area (Å²) >= 11 is 0. The maximum atomic E-state index is 5.41. The Morgan fingerprint density at radius 3 is 2.62 bits per heavy atom. The van der Waals surface area contributed by atoms with E-state index in [1.165, 1.54) is 42.6 Å². The fourth-order valence-electron chi connectivity index (χ4n) is 4.65. The highest BCUT2D eigenvalue weighted by Gasteiger charge is 2.19. The van der Waals surface area contributed by atoms with E-state index in [-0.39, 0.29) is 0 Å². The van der Waals surface area contributed by atoms with Crippen LogP contribution in [0, 0.1) is 0 Å². The van der Waals surface area contributed by atoms with Gasteiger partial charge < -0.3 is 15.0 Å². The lowest BCUT2D eigenvalue weighted by molar-refractivity contribution is 0.255. The summed E-state index contributed by atoms with van der Waals surface area (Å²) in [4.78, 5) is 11.9. The van der Waals surface area contributed by atoms with Gasteiger partial charge in [0.15, 0.2) is 0 Å². The van der Waals surface area contributed by atoms with Crippen LogP contribution in [0.1, 0.15) is 35.4 Å². The third-order valence-corrected chi connectivity index (χ3v) is 6.64. The van der Waals surface area contributed by atoms with Crippen molar-refractivity contribution in [1.29, 1.82) is 0 Å². The Kier molecular flexibility index (Phi) is 5.91. The molecule has 0 spiro atoms. The smallest absolute Gasteiger partial charge is 0.136 e. The molecule has 164 valence electrons. The second-order valence-corrected chi connectivity index (χ2v) is 8.78. The Hall–Kier alpha value is -3.18. The maximum Gasteiger partial charge on any atom is 0.136 e. The lowest BCUT2D eigenvalue weighted by atomic mass is 9.89. The molecule has 5 rings (SSSR count). The van der Waals surface area contributed by atoms with Crippen molar-refractivity contribution in [2.45, 2.75) is 31.7 Å². The predicted octanol–water partition coefficient (Wildman–Crippen LogP) is 5.44. The van der Waals surface area contributed by atoms with E-state index in [0.717, 1.165) is 34.9 Å². The zero-order valence-corrected chi connectivity index (χ0v) is 18.8. The topological polar surface area (TPSA) is 49.8 Å². The van der Waals surface area contributed by atoms with Gasteiger partial charge in [-0.2, -0.15) is 0 Å². The third kappa shape index (κ3) is 4.39. The second-order valence-electron chi connectivity index (χ2n) is 8.78. The van der Waals surface area contributed by atoms with Crippen LogP contribution in [0.15, 0.2) is 59.6 Å². The third-order valence-electron chi connectivity index (χ3n) is 6.64. The Labute approximate surface area is 190 Å². The van der Waals surface area contributed by atoms with Crippen LogP contribution < -0.4 is 10.1 Å². The number of hydrogen-bond acceptors (Lipinski definition) is 5. The lowest BCUT2D eigenvalue weighted by Gasteiger charge is -2.29. The largest absolute Gasteiger partial charge is 0.497 e. The molecule has 2 aliphatic rings. The minimum Gasteiger partial charge on any atom is -0.497 e. The van der Waals surface area contributed by atoms with Crippen LogP contribution in [0.4, 0.5) is 11.5 Å². The van der Waals surface area contributed by atoms with Gasteiger partial charge in [0.2, 0.25) is 0 Å². The summed E-state index contributed by atoms with van der Waals surface area (Å²) in [6.45, 7) is 3.02. The van der Waals surface area contributed by atoms with Crippen molar-refractivity contribution in [3.63, 3.8) is 0 Å². The molecule has 1 fully saturated rings. The molecule has 0 aliphatic carbocycles. The summed E-state index contributed by atoms with van der Waals surface area (Å²) in [6, 6.07) is 19.2. The molecule has 0 atom stereocenters. The fourth-order valence-corrected chi connectivity index (χ4v) is 4.65. The molecule has 32 heavy (non-hydrogen) atoms. The van der Waals surface area contributed by atoms with Crippen LogP contribution >= 0.6 is 0 Å².